The Morgan fingerprint density at radius 2 is 2.36 bits per heavy atom. The minimum atomic E-state index is -0.496. The van der Waals surface area contributed by atoms with Crippen LogP contribution in [0.1, 0.15) is 23.1 Å². The molecule has 1 atom stereocenters. The quantitative estimate of drug-likeness (QED) is 0.755. The third kappa shape index (κ3) is 2.56. The zero-order valence-electron chi connectivity index (χ0n) is 8.11. The van der Waals surface area contributed by atoms with Crippen molar-refractivity contribution in [2.75, 3.05) is 0 Å². The number of nitrogens with one attached hydrogen (secondary N) is 1. The molecule has 0 saturated carbocycles. The number of nitriles is 1. The van der Waals surface area contributed by atoms with E-state index in [1.807, 2.05) is 19.1 Å². The third-order valence-electron chi connectivity index (χ3n) is 1.66. The van der Waals surface area contributed by atoms with E-state index in [1.165, 1.54) is 0 Å². The van der Waals surface area contributed by atoms with Crippen molar-refractivity contribution in [1.29, 1.82) is 5.26 Å². The summed E-state index contributed by atoms with van der Waals surface area (Å²) in [5.41, 5.74) is 1.12. The van der Waals surface area contributed by atoms with Gasteiger partial charge in [-0.05, 0) is 26.0 Å². The van der Waals surface area contributed by atoms with Gasteiger partial charge in [-0.3, -0.25) is 4.79 Å². The van der Waals surface area contributed by atoms with Crippen LogP contribution in [0.2, 0.25) is 0 Å². The van der Waals surface area contributed by atoms with E-state index in [2.05, 4.69) is 10.3 Å². The third-order valence-corrected chi connectivity index (χ3v) is 1.66. The molecule has 0 radical (unpaired) electrons. The van der Waals surface area contributed by atoms with Gasteiger partial charge in [-0.15, -0.1) is 0 Å². The summed E-state index contributed by atoms with van der Waals surface area (Å²) in [4.78, 5) is 15.5. The number of rotatable bonds is 2. The average molecular weight is 189 g/mol. The summed E-state index contributed by atoms with van der Waals surface area (Å²) in [6, 6.07) is 6.61. The molecule has 0 bridgehead atoms. The van der Waals surface area contributed by atoms with E-state index in [4.69, 9.17) is 5.26 Å². The van der Waals surface area contributed by atoms with Gasteiger partial charge in [-0.2, -0.15) is 5.26 Å². The summed E-state index contributed by atoms with van der Waals surface area (Å²) >= 11 is 0. The predicted octanol–water partition coefficient (Wildman–Crippen LogP) is 1.03. The van der Waals surface area contributed by atoms with Gasteiger partial charge in [0.2, 0.25) is 0 Å². The van der Waals surface area contributed by atoms with Crippen LogP contribution in [-0.2, 0) is 0 Å². The number of amides is 1. The molecule has 0 spiro atoms. The molecule has 72 valence electrons. The minimum absolute atomic E-state index is 0.317. The molecule has 0 aliphatic carbocycles. The van der Waals surface area contributed by atoms with Crippen molar-refractivity contribution in [3.05, 3.63) is 29.6 Å². The number of pyridine rings is 1. The molecule has 1 N–H and O–H groups in total. The van der Waals surface area contributed by atoms with Gasteiger partial charge >= 0.3 is 0 Å². The molecule has 1 heterocycles. The summed E-state index contributed by atoms with van der Waals surface area (Å²) in [6.07, 6.45) is 0. The zero-order valence-corrected chi connectivity index (χ0v) is 8.11. The van der Waals surface area contributed by atoms with E-state index in [-0.39, 0.29) is 5.91 Å². The molecule has 0 aromatic carbocycles. The molecule has 4 nitrogen and oxygen atoms in total. The van der Waals surface area contributed by atoms with Gasteiger partial charge in [0.25, 0.3) is 5.91 Å². The number of hydrogen-bond donors (Lipinski definition) is 1. The van der Waals surface area contributed by atoms with Crippen LogP contribution in [0, 0.1) is 18.3 Å². The van der Waals surface area contributed by atoms with E-state index >= 15 is 0 Å². The Hall–Kier alpha value is -1.89. The standard InChI is InChI=1S/C10H11N3O/c1-7-4-3-5-9(12-7)10(14)13-8(2)6-11/h3-5,8H,1-2H3,(H,13,14). The highest BCUT2D eigenvalue weighted by molar-refractivity contribution is 5.92. The van der Waals surface area contributed by atoms with Gasteiger partial charge in [-0.25, -0.2) is 4.98 Å². The minimum Gasteiger partial charge on any atom is -0.335 e. The summed E-state index contributed by atoms with van der Waals surface area (Å²) in [7, 11) is 0. The van der Waals surface area contributed by atoms with E-state index in [0.717, 1.165) is 5.69 Å². The lowest BCUT2D eigenvalue weighted by Gasteiger charge is -2.05. The second-order valence-electron chi connectivity index (χ2n) is 2.99. The van der Waals surface area contributed by atoms with E-state index in [9.17, 15) is 4.79 Å². The fourth-order valence-corrected chi connectivity index (χ4v) is 0.972. The molecule has 0 aliphatic heterocycles. The molecule has 14 heavy (non-hydrogen) atoms. The fraction of sp³-hybridized carbons (Fsp3) is 0.300. The van der Waals surface area contributed by atoms with Gasteiger partial charge in [-0.1, -0.05) is 6.07 Å². The molecule has 1 amide bonds. The molecular weight excluding hydrogens is 178 g/mol. The highest BCUT2D eigenvalue weighted by atomic mass is 16.1. The van der Waals surface area contributed by atoms with Crippen LogP contribution in [0.4, 0.5) is 0 Å². The van der Waals surface area contributed by atoms with Gasteiger partial charge < -0.3 is 5.32 Å². The summed E-state index contributed by atoms with van der Waals surface area (Å²) in [5.74, 6) is -0.317. The summed E-state index contributed by atoms with van der Waals surface area (Å²) in [6.45, 7) is 3.43. The fourth-order valence-electron chi connectivity index (χ4n) is 0.972. The van der Waals surface area contributed by atoms with E-state index in [0.29, 0.717) is 5.69 Å². The second kappa shape index (κ2) is 4.38. The number of aryl methyl sites for hydroxylation is 1. The second-order valence-corrected chi connectivity index (χ2v) is 2.99. The van der Waals surface area contributed by atoms with Crippen LogP contribution < -0.4 is 5.32 Å². The summed E-state index contributed by atoms with van der Waals surface area (Å²) < 4.78 is 0. The molecule has 1 rings (SSSR count). The maximum atomic E-state index is 11.4. The van der Waals surface area contributed by atoms with Crippen molar-refractivity contribution in [2.45, 2.75) is 19.9 Å². The molecule has 4 heteroatoms. The Balaban J connectivity index is 2.76. The predicted molar refractivity (Wildman–Crippen MR) is 51.5 cm³/mol. The lowest BCUT2D eigenvalue weighted by Crippen LogP contribution is -2.31. The molecular formula is C10H11N3O. The van der Waals surface area contributed by atoms with Crippen LogP contribution in [0.15, 0.2) is 18.2 Å². The topological polar surface area (TPSA) is 65.8 Å². The maximum Gasteiger partial charge on any atom is 0.270 e. The first kappa shape index (κ1) is 10.2. The van der Waals surface area contributed by atoms with Crippen molar-refractivity contribution in [3.63, 3.8) is 0 Å². The van der Waals surface area contributed by atoms with Crippen LogP contribution in [0.25, 0.3) is 0 Å². The Morgan fingerprint density at radius 1 is 1.64 bits per heavy atom. The number of hydrogen-bond acceptors (Lipinski definition) is 3. The monoisotopic (exact) mass is 189 g/mol. The van der Waals surface area contributed by atoms with Crippen molar-refractivity contribution in [3.8, 4) is 6.07 Å². The molecule has 0 aliphatic rings. The van der Waals surface area contributed by atoms with E-state index < -0.39 is 6.04 Å². The van der Waals surface area contributed by atoms with Gasteiger partial charge in [0.05, 0.1) is 6.07 Å². The number of carbonyl (C=O) groups excluding carboxylic acids is 1. The maximum absolute atomic E-state index is 11.4. The first-order valence-electron chi connectivity index (χ1n) is 4.27. The zero-order chi connectivity index (χ0) is 10.6. The molecule has 1 aromatic rings. The molecule has 0 fully saturated rings. The van der Waals surface area contributed by atoms with Crippen LogP contribution in [-0.4, -0.2) is 16.9 Å². The van der Waals surface area contributed by atoms with Crippen molar-refractivity contribution in [1.82, 2.24) is 10.3 Å². The van der Waals surface area contributed by atoms with Crippen LogP contribution in [0.5, 0.6) is 0 Å². The smallest absolute Gasteiger partial charge is 0.270 e. The first-order valence-corrected chi connectivity index (χ1v) is 4.27. The Bertz CT molecular complexity index is 381. The largest absolute Gasteiger partial charge is 0.335 e. The lowest BCUT2D eigenvalue weighted by atomic mass is 10.3. The van der Waals surface area contributed by atoms with Crippen LogP contribution in [0.3, 0.4) is 0 Å². The van der Waals surface area contributed by atoms with E-state index in [1.54, 1.807) is 19.1 Å². The lowest BCUT2D eigenvalue weighted by molar-refractivity contribution is 0.0942. The van der Waals surface area contributed by atoms with Gasteiger partial charge in [0.15, 0.2) is 0 Å². The molecule has 1 aromatic heterocycles. The Labute approximate surface area is 82.6 Å². The van der Waals surface area contributed by atoms with Crippen molar-refractivity contribution in [2.24, 2.45) is 0 Å². The van der Waals surface area contributed by atoms with Gasteiger partial charge in [0, 0.05) is 5.69 Å². The van der Waals surface area contributed by atoms with Crippen molar-refractivity contribution < 1.29 is 4.79 Å². The average Bonchev–Trinajstić information content (AvgIpc) is 2.17. The van der Waals surface area contributed by atoms with Crippen LogP contribution >= 0.6 is 0 Å². The van der Waals surface area contributed by atoms with Gasteiger partial charge in [0.1, 0.15) is 11.7 Å². The number of carbonyl (C=O) groups is 1. The molecule has 1 unspecified atom stereocenters. The number of nitrogens with zero attached hydrogens (tertiary/aromatic N) is 2. The van der Waals surface area contributed by atoms with Crippen molar-refractivity contribution >= 4 is 5.91 Å². The number of aromatic nitrogens is 1. The Kier molecular flexibility index (Phi) is 3.19. The molecule has 0 saturated heterocycles. The Morgan fingerprint density at radius 3 is 2.93 bits per heavy atom. The normalized spacial score (nSPS) is 11.5. The first-order chi connectivity index (χ1) is 6.63. The summed E-state index contributed by atoms with van der Waals surface area (Å²) in [5, 5.41) is 11.0. The SMILES string of the molecule is Cc1cccc(C(=O)NC(C)C#N)n1. The highest BCUT2D eigenvalue weighted by Crippen LogP contribution is 1.98. The highest BCUT2D eigenvalue weighted by Gasteiger charge is 2.09.